The van der Waals surface area contributed by atoms with E-state index in [2.05, 4.69) is 15.0 Å². The van der Waals surface area contributed by atoms with E-state index < -0.39 is 23.8 Å². The molecule has 11 heteroatoms. The molecule has 0 bridgehead atoms. The van der Waals surface area contributed by atoms with Crippen molar-refractivity contribution in [3.8, 4) is 17.2 Å². The molecule has 4 aromatic rings. The quantitative estimate of drug-likeness (QED) is 0.269. The smallest absolute Gasteiger partial charge is 0.433 e. The van der Waals surface area contributed by atoms with Crippen LogP contribution in [0.5, 0.6) is 5.75 Å². The fraction of sp³-hybridized carbons (Fsp3) is 0.333. The van der Waals surface area contributed by atoms with Crippen LogP contribution < -0.4 is 9.64 Å². The summed E-state index contributed by atoms with van der Waals surface area (Å²) in [6, 6.07) is 17.9. The maximum atomic E-state index is 13.2. The summed E-state index contributed by atoms with van der Waals surface area (Å²) in [5, 5.41) is 9.83. The van der Waals surface area contributed by atoms with Crippen molar-refractivity contribution < 1.29 is 32.2 Å². The van der Waals surface area contributed by atoms with Crippen LogP contribution in [0.1, 0.15) is 29.1 Å². The number of aryl methyl sites for hydroxylation is 1. The predicted octanol–water partition coefficient (Wildman–Crippen LogP) is 5.85. The number of carboxylic acid groups (broad SMARTS) is 1. The molecule has 1 unspecified atom stereocenters. The lowest BCUT2D eigenvalue weighted by Gasteiger charge is -2.37. The number of piperidine rings is 1. The normalized spacial score (nSPS) is 17.4. The number of carbonyl (C=O) groups is 1. The molecular formula is C30H29F3N4O4. The van der Waals surface area contributed by atoms with Crippen LogP contribution in [0.25, 0.3) is 11.5 Å². The minimum atomic E-state index is -4.59. The molecular weight excluding hydrogens is 537 g/mol. The Balaban J connectivity index is 1.23. The highest BCUT2D eigenvalue weighted by Crippen LogP contribution is 2.32. The van der Waals surface area contributed by atoms with Crippen molar-refractivity contribution >= 4 is 11.9 Å². The van der Waals surface area contributed by atoms with Crippen molar-refractivity contribution in [2.75, 3.05) is 24.6 Å². The molecule has 0 amide bonds. The molecule has 41 heavy (non-hydrogen) atoms. The van der Waals surface area contributed by atoms with Crippen molar-refractivity contribution in [1.29, 1.82) is 0 Å². The van der Waals surface area contributed by atoms with E-state index in [9.17, 15) is 23.1 Å². The number of hydrogen-bond donors (Lipinski definition) is 1. The molecule has 0 saturated carbocycles. The highest BCUT2D eigenvalue weighted by atomic mass is 19.4. The molecule has 3 heterocycles. The van der Waals surface area contributed by atoms with Crippen molar-refractivity contribution in [3.63, 3.8) is 0 Å². The van der Waals surface area contributed by atoms with E-state index in [0.717, 1.165) is 34.8 Å². The molecule has 0 aliphatic carbocycles. The van der Waals surface area contributed by atoms with Gasteiger partial charge >= 0.3 is 12.1 Å². The molecule has 1 N–H and O–H groups in total. The number of carboxylic acids is 1. The van der Waals surface area contributed by atoms with E-state index in [1.165, 1.54) is 0 Å². The standard InChI is InChI=1S/C30H29F3N4O4/c1-19-25(35-27(41-19)21-7-3-2-4-8-21)12-15-40-23-9-5-6-20(17-23)16-22-18-37(14-11-24(22)28(38)39)29-34-13-10-26(36-29)30(31,32)33/h2-10,13,17,22,24H,11-12,14-16,18H2,1H3,(H,38,39)/t22?,24-/m0/s1. The summed E-state index contributed by atoms with van der Waals surface area (Å²) < 4.78 is 51.3. The Morgan fingerprint density at radius 2 is 1.93 bits per heavy atom. The fourth-order valence-electron chi connectivity index (χ4n) is 5.10. The highest BCUT2D eigenvalue weighted by molar-refractivity contribution is 5.71. The number of alkyl halides is 3. The van der Waals surface area contributed by atoms with Gasteiger partial charge in [0.05, 0.1) is 18.2 Å². The van der Waals surface area contributed by atoms with Crippen molar-refractivity contribution in [2.24, 2.45) is 11.8 Å². The number of aromatic nitrogens is 3. The van der Waals surface area contributed by atoms with Crippen molar-refractivity contribution in [3.05, 3.63) is 89.6 Å². The van der Waals surface area contributed by atoms with Gasteiger partial charge in [0.2, 0.25) is 11.8 Å². The number of aliphatic carboxylic acids is 1. The van der Waals surface area contributed by atoms with Gasteiger partial charge in [0.1, 0.15) is 17.2 Å². The van der Waals surface area contributed by atoms with Crippen LogP contribution in [-0.4, -0.2) is 45.7 Å². The topological polar surface area (TPSA) is 102 Å². The molecule has 0 spiro atoms. The Hall–Kier alpha value is -4.41. The SMILES string of the molecule is Cc1oc(-c2ccccc2)nc1CCOc1cccc(CC2CN(c3nccc(C(F)(F)F)n3)CC[C@@H]2C(=O)O)c1. The van der Waals surface area contributed by atoms with Crippen LogP contribution in [-0.2, 0) is 23.8 Å². The first kappa shape index (κ1) is 28.1. The summed E-state index contributed by atoms with van der Waals surface area (Å²) in [5.41, 5.74) is 1.55. The minimum absolute atomic E-state index is 0.0516. The lowest BCUT2D eigenvalue weighted by molar-refractivity contribution is -0.144. The molecule has 1 aliphatic rings. The van der Waals surface area contributed by atoms with Gasteiger partial charge in [0, 0.05) is 31.3 Å². The summed E-state index contributed by atoms with van der Waals surface area (Å²) >= 11 is 0. The molecule has 0 radical (unpaired) electrons. The highest BCUT2D eigenvalue weighted by Gasteiger charge is 2.37. The Kier molecular flexibility index (Phi) is 8.23. The average molecular weight is 567 g/mol. The van der Waals surface area contributed by atoms with Gasteiger partial charge in [0.15, 0.2) is 0 Å². The van der Waals surface area contributed by atoms with Crippen LogP contribution in [0, 0.1) is 18.8 Å². The summed E-state index contributed by atoms with van der Waals surface area (Å²) in [5.74, 6) is -0.0565. The van der Waals surface area contributed by atoms with E-state index in [0.29, 0.717) is 31.1 Å². The van der Waals surface area contributed by atoms with Gasteiger partial charge in [-0.2, -0.15) is 13.2 Å². The maximum absolute atomic E-state index is 13.2. The zero-order valence-electron chi connectivity index (χ0n) is 22.3. The summed E-state index contributed by atoms with van der Waals surface area (Å²) in [4.78, 5) is 25.9. The zero-order valence-corrected chi connectivity index (χ0v) is 22.3. The first-order chi connectivity index (χ1) is 19.7. The van der Waals surface area contributed by atoms with E-state index in [4.69, 9.17) is 9.15 Å². The summed E-state index contributed by atoms with van der Waals surface area (Å²) in [6.07, 6.45) is -2.28. The Morgan fingerprint density at radius 3 is 2.68 bits per heavy atom. The van der Waals surface area contributed by atoms with Crippen LogP contribution in [0.3, 0.4) is 0 Å². The molecule has 1 fully saturated rings. The van der Waals surface area contributed by atoms with Crippen LogP contribution in [0.2, 0.25) is 0 Å². The molecule has 2 aromatic heterocycles. The number of ether oxygens (including phenoxy) is 1. The summed E-state index contributed by atoms with van der Waals surface area (Å²) in [6.45, 7) is 2.71. The number of rotatable bonds is 9. The predicted molar refractivity (Wildman–Crippen MR) is 145 cm³/mol. The van der Waals surface area contributed by atoms with E-state index in [1.807, 2.05) is 61.5 Å². The van der Waals surface area contributed by atoms with E-state index in [-0.39, 0.29) is 31.4 Å². The minimum Gasteiger partial charge on any atom is -0.493 e. The van der Waals surface area contributed by atoms with E-state index in [1.54, 1.807) is 4.90 Å². The van der Waals surface area contributed by atoms with Crippen molar-refractivity contribution in [2.45, 2.75) is 32.4 Å². The second-order valence-electron chi connectivity index (χ2n) is 10.0. The second-order valence-corrected chi connectivity index (χ2v) is 10.0. The molecule has 1 aliphatic heterocycles. The number of nitrogens with zero attached hydrogens (tertiary/aromatic N) is 4. The first-order valence-electron chi connectivity index (χ1n) is 13.3. The maximum Gasteiger partial charge on any atom is 0.433 e. The monoisotopic (exact) mass is 566 g/mol. The third-order valence-corrected chi connectivity index (χ3v) is 7.18. The Bertz CT molecular complexity index is 1490. The van der Waals surface area contributed by atoms with Crippen LogP contribution in [0.4, 0.5) is 19.1 Å². The van der Waals surface area contributed by atoms with Gasteiger partial charge in [-0.3, -0.25) is 4.79 Å². The number of halogens is 3. The average Bonchev–Trinajstić information content (AvgIpc) is 3.33. The van der Waals surface area contributed by atoms with Crippen molar-refractivity contribution in [1.82, 2.24) is 15.0 Å². The first-order valence-corrected chi connectivity index (χ1v) is 13.3. The third kappa shape index (κ3) is 6.85. The van der Waals surface area contributed by atoms with Gasteiger partial charge in [-0.25, -0.2) is 15.0 Å². The number of hydrogen-bond acceptors (Lipinski definition) is 7. The second kappa shape index (κ2) is 12.0. The number of anilines is 1. The fourth-order valence-corrected chi connectivity index (χ4v) is 5.10. The van der Waals surface area contributed by atoms with Crippen LogP contribution in [0.15, 0.2) is 71.3 Å². The summed E-state index contributed by atoms with van der Waals surface area (Å²) in [7, 11) is 0. The lowest BCUT2D eigenvalue weighted by atomic mass is 9.81. The van der Waals surface area contributed by atoms with E-state index >= 15 is 0 Å². The molecule has 8 nitrogen and oxygen atoms in total. The lowest BCUT2D eigenvalue weighted by Crippen LogP contribution is -2.45. The molecule has 214 valence electrons. The molecule has 2 atom stereocenters. The molecule has 2 aromatic carbocycles. The molecule has 5 rings (SSSR count). The van der Waals surface area contributed by atoms with Gasteiger partial charge in [-0.15, -0.1) is 0 Å². The zero-order chi connectivity index (χ0) is 29.0. The van der Waals surface area contributed by atoms with Gasteiger partial charge < -0.3 is 19.2 Å². The molecule has 1 saturated heterocycles. The Morgan fingerprint density at radius 1 is 1.12 bits per heavy atom. The third-order valence-electron chi connectivity index (χ3n) is 7.18. The van der Waals surface area contributed by atoms with Gasteiger partial charge in [0.25, 0.3) is 0 Å². The van der Waals surface area contributed by atoms with Gasteiger partial charge in [-0.05, 0) is 61.6 Å². The van der Waals surface area contributed by atoms with Crippen LogP contribution >= 0.6 is 0 Å². The number of oxazole rings is 1. The number of benzene rings is 2. The Labute approximate surface area is 234 Å². The van der Waals surface area contributed by atoms with Gasteiger partial charge in [-0.1, -0.05) is 30.3 Å². The largest absolute Gasteiger partial charge is 0.493 e.